The van der Waals surface area contributed by atoms with Crippen molar-refractivity contribution in [3.05, 3.63) is 62.6 Å². The van der Waals surface area contributed by atoms with Crippen LogP contribution in [0.1, 0.15) is 48.9 Å². The molecule has 0 fully saturated rings. The van der Waals surface area contributed by atoms with E-state index in [0.717, 1.165) is 35.1 Å². The number of hydrogen-bond acceptors (Lipinski definition) is 3. The molecule has 0 bridgehead atoms. The number of nitrogens with zero attached hydrogens (tertiary/aromatic N) is 1. The Kier molecular flexibility index (Phi) is 9.85. The third-order valence-corrected chi connectivity index (χ3v) is 6.19. The van der Waals surface area contributed by atoms with Crippen molar-refractivity contribution in [3.63, 3.8) is 0 Å². The monoisotopic (exact) mass is 478 g/mol. The highest BCUT2D eigenvalue weighted by Gasteiger charge is 2.26. The van der Waals surface area contributed by atoms with Gasteiger partial charge in [0, 0.05) is 13.1 Å². The summed E-state index contributed by atoms with van der Waals surface area (Å²) in [5, 5.41) is 3.74. The van der Waals surface area contributed by atoms with Crippen LogP contribution < -0.4 is 10.1 Å². The summed E-state index contributed by atoms with van der Waals surface area (Å²) in [7, 11) is 0. The Morgan fingerprint density at radius 1 is 1.09 bits per heavy atom. The normalized spacial score (nSPS) is 11.7. The molecule has 0 saturated carbocycles. The van der Waals surface area contributed by atoms with E-state index in [9.17, 15) is 9.59 Å². The first kappa shape index (κ1) is 26.0. The van der Waals surface area contributed by atoms with Crippen LogP contribution in [0.5, 0.6) is 5.75 Å². The van der Waals surface area contributed by atoms with Gasteiger partial charge in [0.05, 0.1) is 10.0 Å². The molecule has 2 aromatic rings. The number of ether oxygens (including phenoxy) is 1. The summed E-state index contributed by atoms with van der Waals surface area (Å²) >= 11 is 12.2. The van der Waals surface area contributed by atoms with Gasteiger partial charge in [0.2, 0.25) is 5.91 Å². The van der Waals surface area contributed by atoms with Crippen LogP contribution in [0.15, 0.2) is 30.3 Å². The number of aryl methyl sites for hydroxylation is 2. The van der Waals surface area contributed by atoms with Crippen LogP contribution in [-0.4, -0.2) is 35.9 Å². The molecule has 0 spiro atoms. The molecule has 174 valence electrons. The summed E-state index contributed by atoms with van der Waals surface area (Å²) in [4.78, 5) is 27.4. The molecule has 2 aromatic carbocycles. The standard InChI is InChI=1S/C25H32Cl2N2O3/c1-6-7-10-28-25(31)19(5)29(14-20-8-9-21(26)22(27)13-20)24(30)15-32-23-12-16(2)11-17(3)18(23)4/h8-9,11-13,19H,6-7,10,14-15H2,1-5H3,(H,28,31)/t19-/m1/s1. The van der Waals surface area contributed by atoms with E-state index in [1.54, 1.807) is 25.1 Å². The fourth-order valence-electron chi connectivity index (χ4n) is 3.33. The number of carbonyl (C=O) groups is 2. The van der Waals surface area contributed by atoms with Crippen LogP contribution >= 0.6 is 23.2 Å². The predicted molar refractivity (Wildman–Crippen MR) is 131 cm³/mol. The van der Waals surface area contributed by atoms with Crippen molar-refractivity contribution in [2.75, 3.05) is 13.2 Å². The van der Waals surface area contributed by atoms with E-state index in [0.29, 0.717) is 22.3 Å². The molecule has 1 atom stereocenters. The van der Waals surface area contributed by atoms with Crippen molar-refractivity contribution < 1.29 is 14.3 Å². The van der Waals surface area contributed by atoms with Gasteiger partial charge in [-0.15, -0.1) is 0 Å². The summed E-state index contributed by atoms with van der Waals surface area (Å²) in [5.41, 5.74) is 3.93. The van der Waals surface area contributed by atoms with Crippen molar-refractivity contribution >= 4 is 35.0 Å². The van der Waals surface area contributed by atoms with Crippen molar-refractivity contribution in [2.45, 2.75) is 60.0 Å². The van der Waals surface area contributed by atoms with Gasteiger partial charge in [0.25, 0.3) is 5.91 Å². The minimum Gasteiger partial charge on any atom is -0.483 e. The minimum atomic E-state index is -0.669. The van der Waals surface area contributed by atoms with E-state index in [2.05, 4.69) is 18.3 Å². The molecule has 2 rings (SSSR count). The highest BCUT2D eigenvalue weighted by atomic mass is 35.5. The molecule has 0 aromatic heterocycles. The van der Waals surface area contributed by atoms with E-state index < -0.39 is 6.04 Å². The van der Waals surface area contributed by atoms with Crippen molar-refractivity contribution in [1.29, 1.82) is 0 Å². The van der Waals surface area contributed by atoms with Crippen molar-refractivity contribution in [3.8, 4) is 5.75 Å². The third kappa shape index (κ3) is 7.14. The maximum atomic E-state index is 13.2. The van der Waals surface area contributed by atoms with E-state index in [-0.39, 0.29) is 25.0 Å². The molecule has 0 heterocycles. The van der Waals surface area contributed by atoms with Gasteiger partial charge >= 0.3 is 0 Å². The third-order valence-electron chi connectivity index (χ3n) is 5.45. The Morgan fingerprint density at radius 3 is 2.47 bits per heavy atom. The lowest BCUT2D eigenvalue weighted by molar-refractivity contribution is -0.142. The largest absolute Gasteiger partial charge is 0.483 e. The second kappa shape index (κ2) is 12.1. The molecule has 0 saturated heterocycles. The van der Waals surface area contributed by atoms with Gasteiger partial charge in [-0.2, -0.15) is 0 Å². The number of benzene rings is 2. The van der Waals surface area contributed by atoms with Crippen LogP contribution in [0.25, 0.3) is 0 Å². The molecule has 32 heavy (non-hydrogen) atoms. The molecule has 5 nitrogen and oxygen atoms in total. The van der Waals surface area contributed by atoms with Crippen molar-refractivity contribution in [1.82, 2.24) is 10.2 Å². The summed E-state index contributed by atoms with van der Waals surface area (Å²) < 4.78 is 5.88. The number of rotatable bonds is 10. The van der Waals surface area contributed by atoms with Crippen LogP contribution in [0.3, 0.4) is 0 Å². The Morgan fingerprint density at radius 2 is 1.81 bits per heavy atom. The number of carbonyl (C=O) groups excluding carboxylic acids is 2. The molecule has 0 aliphatic heterocycles. The maximum Gasteiger partial charge on any atom is 0.261 e. The molecule has 2 amide bonds. The SMILES string of the molecule is CCCCNC(=O)[C@@H](C)N(Cc1ccc(Cl)c(Cl)c1)C(=O)COc1cc(C)cc(C)c1C. The van der Waals surface area contributed by atoms with Crippen molar-refractivity contribution in [2.24, 2.45) is 0 Å². The molecule has 0 aliphatic carbocycles. The van der Waals surface area contributed by atoms with Gasteiger partial charge in [-0.3, -0.25) is 9.59 Å². The molecule has 1 N–H and O–H groups in total. The second-order valence-corrected chi connectivity index (χ2v) is 8.90. The van der Waals surface area contributed by atoms with Gasteiger partial charge in [0.15, 0.2) is 6.61 Å². The maximum absolute atomic E-state index is 13.2. The Balaban J connectivity index is 2.21. The molecular formula is C25H32Cl2N2O3. The van der Waals surface area contributed by atoms with Gasteiger partial charge in [0.1, 0.15) is 11.8 Å². The first-order valence-electron chi connectivity index (χ1n) is 10.9. The Bertz CT molecular complexity index is 962. The van der Waals surface area contributed by atoms with Gasteiger partial charge in [-0.05, 0) is 74.6 Å². The van der Waals surface area contributed by atoms with E-state index >= 15 is 0 Å². The summed E-state index contributed by atoms with van der Waals surface area (Å²) in [6.07, 6.45) is 1.86. The number of hydrogen-bond donors (Lipinski definition) is 1. The van der Waals surface area contributed by atoms with Gasteiger partial charge in [-0.25, -0.2) is 0 Å². The molecule has 0 unspecified atom stereocenters. The second-order valence-electron chi connectivity index (χ2n) is 8.08. The number of unbranched alkanes of at least 4 members (excludes halogenated alkanes) is 1. The minimum absolute atomic E-state index is 0.169. The summed E-state index contributed by atoms with van der Waals surface area (Å²) in [6.45, 7) is 10.4. The Labute approximate surface area is 201 Å². The van der Waals surface area contributed by atoms with E-state index in [1.165, 1.54) is 4.90 Å². The van der Waals surface area contributed by atoms with Crippen LogP contribution in [0, 0.1) is 20.8 Å². The highest BCUT2D eigenvalue weighted by molar-refractivity contribution is 6.42. The zero-order valence-corrected chi connectivity index (χ0v) is 20.9. The predicted octanol–water partition coefficient (Wildman–Crippen LogP) is 5.63. The number of nitrogens with one attached hydrogen (secondary N) is 1. The first-order chi connectivity index (χ1) is 15.1. The number of amides is 2. The molecule has 7 heteroatoms. The topological polar surface area (TPSA) is 58.6 Å². The zero-order chi connectivity index (χ0) is 23.8. The average molecular weight is 479 g/mol. The van der Waals surface area contributed by atoms with E-state index in [1.807, 2.05) is 26.8 Å². The summed E-state index contributed by atoms with van der Waals surface area (Å²) in [6, 6.07) is 8.51. The molecule has 0 radical (unpaired) electrons. The molecule has 0 aliphatic rings. The van der Waals surface area contributed by atoms with Gasteiger partial charge in [-0.1, -0.05) is 48.7 Å². The highest BCUT2D eigenvalue weighted by Crippen LogP contribution is 2.25. The lowest BCUT2D eigenvalue weighted by Crippen LogP contribution is -2.49. The lowest BCUT2D eigenvalue weighted by Gasteiger charge is -2.29. The smallest absolute Gasteiger partial charge is 0.261 e. The molecular weight excluding hydrogens is 447 g/mol. The number of halogens is 2. The van der Waals surface area contributed by atoms with Crippen LogP contribution in [0.4, 0.5) is 0 Å². The quantitative estimate of drug-likeness (QED) is 0.450. The Hall–Kier alpha value is -2.24. The lowest BCUT2D eigenvalue weighted by atomic mass is 10.1. The first-order valence-corrected chi connectivity index (χ1v) is 11.6. The van der Waals surface area contributed by atoms with Crippen LogP contribution in [-0.2, 0) is 16.1 Å². The van der Waals surface area contributed by atoms with E-state index in [4.69, 9.17) is 27.9 Å². The van der Waals surface area contributed by atoms with Crippen LogP contribution in [0.2, 0.25) is 10.0 Å². The average Bonchev–Trinajstić information content (AvgIpc) is 2.75. The fourth-order valence-corrected chi connectivity index (χ4v) is 3.65. The van der Waals surface area contributed by atoms with Gasteiger partial charge < -0.3 is 15.0 Å². The fraction of sp³-hybridized carbons (Fsp3) is 0.440. The summed E-state index contributed by atoms with van der Waals surface area (Å²) in [5.74, 6) is 0.188. The zero-order valence-electron chi connectivity index (χ0n) is 19.4.